The minimum Gasteiger partial charge on any atom is -0.493 e. The van der Waals surface area contributed by atoms with Gasteiger partial charge in [0.2, 0.25) is 0 Å². The number of halogens is 1. The Labute approximate surface area is 86.8 Å². The summed E-state index contributed by atoms with van der Waals surface area (Å²) >= 11 is 0. The van der Waals surface area contributed by atoms with Gasteiger partial charge >= 0.3 is 5.97 Å². The van der Waals surface area contributed by atoms with Crippen molar-refractivity contribution in [1.82, 2.24) is 0 Å². The number of methoxy groups -OCH3 is 2. The van der Waals surface area contributed by atoms with Crippen LogP contribution < -0.4 is 10.5 Å². The molecule has 0 saturated carbocycles. The van der Waals surface area contributed by atoms with Crippen molar-refractivity contribution < 1.29 is 18.7 Å². The van der Waals surface area contributed by atoms with Crippen molar-refractivity contribution in [1.29, 1.82) is 0 Å². The third kappa shape index (κ3) is 2.59. The largest absolute Gasteiger partial charge is 0.493 e. The molecule has 1 aromatic carbocycles. The molecule has 0 fully saturated rings. The van der Waals surface area contributed by atoms with Crippen LogP contribution in [0, 0.1) is 5.82 Å². The second kappa shape index (κ2) is 4.63. The van der Waals surface area contributed by atoms with Crippen LogP contribution >= 0.6 is 0 Å². The van der Waals surface area contributed by atoms with Crippen LogP contribution in [0.2, 0.25) is 0 Å². The van der Waals surface area contributed by atoms with Gasteiger partial charge in [0.05, 0.1) is 20.6 Å². The monoisotopic (exact) mass is 213 g/mol. The van der Waals surface area contributed by atoms with E-state index < -0.39 is 11.8 Å². The molecule has 0 saturated heterocycles. The Hall–Kier alpha value is -1.78. The Kier molecular flexibility index (Phi) is 3.49. The molecule has 5 heteroatoms. The highest BCUT2D eigenvalue weighted by Crippen LogP contribution is 2.26. The predicted octanol–water partition coefficient (Wildman–Crippen LogP) is 1.13. The van der Waals surface area contributed by atoms with E-state index in [4.69, 9.17) is 10.5 Å². The maximum atomic E-state index is 13.3. The zero-order valence-corrected chi connectivity index (χ0v) is 8.54. The van der Waals surface area contributed by atoms with E-state index in [1.54, 1.807) is 0 Å². The second-order valence-corrected chi connectivity index (χ2v) is 2.95. The molecule has 0 aromatic heterocycles. The van der Waals surface area contributed by atoms with Gasteiger partial charge in [-0.3, -0.25) is 4.79 Å². The van der Waals surface area contributed by atoms with Crippen molar-refractivity contribution in [3.63, 3.8) is 0 Å². The second-order valence-electron chi connectivity index (χ2n) is 2.95. The summed E-state index contributed by atoms with van der Waals surface area (Å²) in [6, 6.07) is 2.62. The molecular formula is C10H12FNO3. The standard InChI is InChI=1S/C10H12FNO3/c1-14-9(13)4-6-3-7(12)5-8(11)10(6)15-2/h3,5H,4,12H2,1-2H3. The van der Waals surface area contributed by atoms with Crippen LogP contribution in [0.4, 0.5) is 10.1 Å². The van der Waals surface area contributed by atoms with Crippen molar-refractivity contribution >= 4 is 11.7 Å². The number of anilines is 1. The molecular weight excluding hydrogens is 201 g/mol. The number of nitrogen functional groups attached to an aromatic ring is 1. The Bertz CT molecular complexity index is 379. The fraction of sp³-hybridized carbons (Fsp3) is 0.300. The SMILES string of the molecule is COC(=O)Cc1cc(N)cc(F)c1OC. The van der Waals surface area contributed by atoms with Gasteiger partial charge < -0.3 is 15.2 Å². The normalized spacial score (nSPS) is 9.80. The molecule has 0 atom stereocenters. The average molecular weight is 213 g/mol. The first-order chi connectivity index (χ1) is 7.08. The summed E-state index contributed by atoms with van der Waals surface area (Å²) < 4.78 is 22.6. The quantitative estimate of drug-likeness (QED) is 0.604. The fourth-order valence-corrected chi connectivity index (χ4v) is 1.26. The zero-order valence-electron chi connectivity index (χ0n) is 8.54. The Balaban J connectivity index is 3.09. The Morgan fingerprint density at radius 1 is 1.47 bits per heavy atom. The van der Waals surface area contributed by atoms with Crippen LogP contribution in [0.25, 0.3) is 0 Å². The van der Waals surface area contributed by atoms with E-state index >= 15 is 0 Å². The number of hydrogen-bond donors (Lipinski definition) is 1. The summed E-state index contributed by atoms with van der Waals surface area (Å²) in [7, 11) is 2.59. The van der Waals surface area contributed by atoms with E-state index in [0.29, 0.717) is 5.56 Å². The van der Waals surface area contributed by atoms with Gasteiger partial charge in [-0.25, -0.2) is 4.39 Å². The number of esters is 1. The Morgan fingerprint density at radius 2 is 2.13 bits per heavy atom. The highest BCUT2D eigenvalue weighted by molar-refractivity contribution is 5.74. The molecule has 0 aliphatic rings. The molecule has 0 unspecified atom stereocenters. The first-order valence-electron chi connectivity index (χ1n) is 4.27. The summed E-state index contributed by atoms with van der Waals surface area (Å²) in [6.45, 7) is 0. The molecule has 0 bridgehead atoms. The number of carbonyl (C=O) groups excluding carboxylic acids is 1. The summed E-state index contributed by atoms with van der Waals surface area (Å²) in [6.07, 6.45) is -0.0678. The lowest BCUT2D eigenvalue weighted by Gasteiger charge is -2.09. The third-order valence-electron chi connectivity index (χ3n) is 1.91. The number of hydrogen-bond acceptors (Lipinski definition) is 4. The first kappa shape index (κ1) is 11.3. The van der Waals surface area contributed by atoms with Crippen LogP contribution in [-0.2, 0) is 16.0 Å². The smallest absolute Gasteiger partial charge is 0.310 e. The molecule has 2 N–H and O–H groups in total. The van der Waals surface area contributed by atoms with E-state index in [1.807, 2.05) is 0 Å². The topological polar surface area (TPSA) is 61.5 Å². The van der Waals surface area contributed by atoms with Crippen molar-refractivity contribution in [2.45, 2.75) is 6.42 Å². The van der Waals surface area contributed by atoms with Gasteiger partial charge in [-0.15, -0.1) is 0 Å². The summed E-state index contributed by atoms with van der Waals surface area (Å²) in [5, 5.41) is 0. The van der Waals surface area contributed by atoms with Gasteiger partial charge in [0.25, 0.3) is 0 Å². The molecule has 15 heavy (non-hydrogen) atoms. The van der Waals surface area contributed by atoms with Crippen LogP contribution in [0.1, 0.15) is 5.56 Å². The van der Waals surface area contributed by atoms with Gasteiger partial charge in [0.1, 0.15) is 0 Å². The molecule has 82 valence electrons. The van der Waals surface area contributed by atoms with Crippen LogP contribution in [0.5, 0.6) is 5.75 Å². The van der Waals surface area contributed by atoms with Crippen LogP contribution in [0.15, 0.2) is 12.1 Å². The molecule has 1 rings (SSSR count). The van der Waals surface area contributed by atoms with Gasteiger partial charge in [0, 0.05) is 17.3 Å². The molecule has 0 aliphatic carbocycles. The van der Waals surface area contributed by atoms with Crippen LogP contribution in [-0.4, -0.2) is 20.2 Å². The minimum atomic E-state index is -0.587. The number of ether oxygens (including phenoxy) is 2. The first-order valence-corrected chi connectivity index (χ1v) is 4.27. The Morgan fingerprint density at radius 3 is 2.67 bits per heavy atom. The molecule has 0 radical (unpaired) electrons. The van der Waals surface area contributed by atoms with Gasteiger partial charge in [-0.05, 0) is 6.07 Å². The van der Waals surface area contributed by atoms with Gasteiger partial charge in [0.15, 0.2) is 11.6 Å². The van der Waals surface area contributed by atoms with E-state index in [-0.39, 0.29) is 17.9 Å². The molecule has 4 nitrogen and oxygen atoms in total. The highest BCUT2D eigenvalue weighted by atomic mass is 19.1. The summed E-state index contributed by atoms with van der Waals surface area (Å²) in [5.74, 6) is -1.04. The maximum absolute atomic E-state index is 13.3. The van der Waals surface area contributed by atoms with Crippen molar-refractivity contribution in [3.05, 3.63) is 23.5 Å². The lowest BCUT2D eigenvalue weighted by Crippen LogP contribution is -2.07. The molecule has 0 heterocycles. The fourth-order valence-electron chi connectivity index (χ4n) is 1.26. The number of carbonyl (C=O) groups is 1. The van der Waals surface area contributed by atoms with E-state index in [0.717, 1.165) is 6.07 Å². The maximum Gasteiger partial charge on any atom is 0.310 e. The van der Waals surface area contributed by atoms with E-state index in [9.17, 15) is 9.18 Å². The minimum absolute atomic E-state index is 0.0228. The highest BCUT2D eigenvalue weighted by Gasteiger charge is 2.14. The van der Waals surface area contributed by atoms with Crippen molar-refractivity contribution in [2.75, 3.05) is 20.0 Å². The summed E-state index contributed by atoms with van der Waals surface area (Å²) in [5.41, 5.74) is 6.07. The summed E-state index contributed by atoms with van der Waals surface area (Å²) in [4.78, 5) is 11.0. The molecule has 1 aromatic rings. The predicted molar refractivity (Wildman–Crippen MR) is 53.1 cm³/mol. The molecule has 0 spiro atoms. The van der Waals surface area contributed by atoms with Gasteiger partial charge in [-0.1, -0.05) is 0 Å². The zero-order chi connectivity index (χ0) is 11.4. The lowest BCUT2D eigenvalue weighted by atomic mass is 10.1. The van der Waals surface area contributed by atoms with E-state index in [2.05, 4.69) is 4.74 Å². The number of nitrogens with two attached hydrogens (primary N) is 1. The average Bonchev–Trinajstić information content (AvgIpc) is 2.17. The molecule has 0 aliphatic heterocycles. The van der Waals surface area contributed by atoms with Crippen molar-refractivity contribution in [2.24, 2.45) is 0 Å². The lowest BCUT2D eigenvalue weighted by molar-refractivity contribution is -0.139. The molecule has 0 amide bonds. The van der Waals surface area contributed by atoms with Crippen LogP contribution in [0.3, 0.4) is 0 Å². The number of benzene rings is 1. The van der Waals surface area contributed by atoms with Crippen molar-refractivity contribution in [3.8, 4) is 5.75 Å². The number of rotatable bonds is 3. The third-order valence-corrected chi connectivity index (χ3v) is 1.91. The van der Waals surface area contributed by atoms with Gasteiger partial charge in [-0.2, -0.15) is 0 Å². The van der Waals surface area contributed by atoms with E-state index in [1.165, 1.54) is 20.3 Å².